The van der Waals surface area contributed by atoms with Crippen molar-refractivity contribution in [2.75, 3.05) is 36.5 Å². The lowest BCUT2D eigenvalue weighted by molar-refractivity contribution is -0.139. The number of carbonyl (C=O) groups is 1. The van der Waals surface area contributed by atoms with E-state index in [1.165, 1.54) is 28.9 Å². The second kappa shape index (κ2) is 12.5. The average Bonchev–Trinajstić information content (AvgIpc) is 3.70. The number of aryl methyl sites for hydroxylation is 1. The molecule has 3 unspecified atom stereocenters. The minimum atomic E-state index is -4.71. The summed E-state index contributed by atoms with van der Waals surface area (Å²) in [6, 6.07) is 3.05. The third-order valence-electron chi connectivity index (χ3n) is 7.53. The van der Waals surface area contributed by atoms with Gasteiger partial charge in [0.2, 0.25) is 11.8 Å². The van der Waals surface area contributed by atoms with Crippen LogP contribution in [0.3, 0.4) is 0 Å². The molecule has 0 aliphatic carbocycles. The zero-order chi connectivity index (χ0) is 31.9. The predicted molar refractivity (Wildman–Crippen MR) is 161 cm³/mol. The zero-order valence-corrected chi connectivity index (χ0v) is 25.8. The number of aliphatic hydroxyl groups excluding tert-OH is 2. The molecular weight excluding hydrogens is 633 g/mol. The van der Waals surface area contributed by atoms with Crippen molar-refractivity contribution in [3.05, 3.63) is 51.7 Å². The second-order valence-electron chi connectivity index (χ2n) is 10.7. The Morgan fingerprint density at radius 1 is 1.16 bits per heavy atom. The van der Waals surface area contributed by atoms with Gasteiger partial charge in [-0.05, 0) is 38.8 Å². The van der Waals surface area contributed by atoms with Crippen LogP contribution in [0.5, 0.6) is 5.88 Å². The van der Waals surface area contributed by atoms with Crippen LogP contribution in [0.1, 0.15) is 52.5 Å². The van der Waals surface area contributed by atoms with Gasteiger partial charge in [-0.25, -0.2) is 19.9 Å². The van der Waals surface area contributed by atoms with Crippen LogP contribution in [-0.4, -0.2) is 84.3 Å². The van der Waals surface area contributed by atoms with Crippen molar-refractivity contribution in [2.45, 2.75) is 51.1 Å². The van der Waals surface area contributed by atoms with Gasteiger partial charge >= 0.3 is 6.18 Å². The fraction of sp³-hybridized carbons (Fsp3) is 0.429. The fourth-order valence-corrected chi connectivity index (χ4v) is 7.22. The number of thiazole rings is 2. The number of carbonyl (C=O) groups excluding carboxylic acids is 1. The van der Waals surface area contributed by atoms with Crippen molar-refractivity contribution in [1.82, 2.24) is 29.8 Å². The topological polar surface area (TPSA) is 150 Å². The molecule has 6 rings (SSSR count). The molecular formula is C28H29F3N8O4S2. The van der Waals surface area contributed by atoms with E-state index in [9.17, 15) is 23.1 Å². The molecule has 2 fully saturated rings. The van der Waals surface area contributed by atoms with Gasteiger partial charge in [-0.15, -0.1) is 22.7 Å². The lowest BCUT2D eigenvalue weighted by Gasteiger charge is -2.41. The molecule has 0 saturated carbocycles. The summed E-state index contributed by atoms with van der Waals surface area (Å²) in [6.45, 7) is 3.46. The molecule has 4 aromatic heterocycles. The van der Waals surface area contributed by atoms with E-state index in [0.717, 1.165) is 29.1 Å². The van der Waals surface area contributed by atoms with Gasteiger partial charge in [-0.3, -0.25) is 4.79 Å². The van der Waals surface area contributed by atoms with Crippen LogP contribution in [0.15, 0.2) is 29.9 Å². The Hall–Kier alpha value is -3.93. The maximum Gasteiger partial charge on any atom is 0.423 e. The number of ether oxygens (including phenoxy) is 1. The summed E-state index contributed by atoms with van der Waals surface area (Å²) < 4.78 is 45.3. The summed E-state index contributed by atoms with van der Waals surface area (Å²) in [7, 11) is 0. The van der Waals surface area contributed by atoms with Crippen LogP contribution in [0.25, 0.3) is 10.6 Å². The van der Waals surface area contributed by atoms with Crippen LogP contribution < -0.4 is 15.0 Å². The summed E-state index contributed by atoms with van der Waals surface area (Å²) in [5, 5.41) is 25.2. The Balaban J connectivity index is 1.11. The first kappa shape index (κ1) is 31.1. The third-order valence-corrected chi connectivity index (χ3v) is 9.64. The number of nitrogens with zero attached hydrogens (tertiary/aromatic N) is 7. The first-order valence-corrected chi connectivity index (χ1v) is 15.8. The number of hydrogen-bond donors (Lipinski definition) is 3. The highest BCUT2D eigenvalue weighted by Gasteiger charge is 2.44. The Morgan fingerprint density at radius 3 is 2.53 bits per heavy atom. The molecule has 12 nitrogen and oxygen atoms in total. The molecule has 3 N–H and O–H groups in total. The number of anilines is 3. The molecule has 2 aliphatic heterocycles. The quantitative estimate of drug-likeness (QED) is 0.234. The van der Waals surface area contributed by atoms with Crippen molar-refractivity contribution in [3.63, 3.8) is 0 Å². The molecule has 17 heteroatoms. The standard InChI is InChI=1S/C28H29F3N8O4S2/c1-14-22(45-24(34-14)15(2)41)20-13-44-27(35-20)36-21-6-3-16(9-32-21)25(42)39-17-4-5-18(39)12-38(11-17)26-33-10-19(28(29,30)31)23(37-26)43-8-7-40/h3,6,9-10,13,15,17-18,40-41H,4-5,7-8,11-12H2,1-2H3,(H,32,35,36). The summed E-state index contributed by atoms with van der Waals surface area (Å²) in [5.41, 5.74) is 0.856. The van der Waals surface area contributed by atoms with Crippen LogP contribution in [0, 0.1) is 6.92 Å². The maximum absolute atomic E-state index is 13.6. The van der Waals surface area contributed by atoms with Crippen molar-refractivity contribution in [3.8, 4) is 16.5 Å². The van der Waals surface area contributed by atoms with E-state index in [1.807, 2.05) is 17.2 Å². The summed E-state index contributed by atoms with van der Waals surface area (Å²) in [4.78, 5) is 39.5. The first-order valence-electron chi connectivity index (χ1n) is 14.1. The minimum absolute atomic E-state index is 0.0799. The van der Waals surface area contributed by atoms with E-state index in [-0.39, 0.29) is 30.5 Å². The fourth-order valence-electron chi connectivity index (χ4n) is 5.48. The van der Waals surface area contributed by atoms with Gasteiger partial charge < -0.3 is 30.1 Å². The van der Waals surface area contributed by atoms with Crippen LogP contribution in [0.4, 0.5) is 30.1 Å². The number of halogens is 3. The number of pyridine rings is 1. The Morgan fingerprint density at radius 2 is 1.91 bits per heavy atom. The van der Waals surface area contributed by atoms with Crippen LogP contribution in [-0.2, 0) is 6.18 Å². The van der Waals surface area contributed by atoms with Crippen LogP contribution >= 0.6 is 22.7 Å². The number of alkyl halides is 3. The van der Waals surface area contributed by atoms with Gasteiger partial charge in [0.15, 0.2) is 5.13 Å². The van der Waals surface area contributed by atoms with Gasteiger partial charge in [0.25, 0.3) is 5.91 Å². The molecule has 2 aliphatic rings. The van der Waals surface area contributed by atoms with E-state index in [2.05, 4.69) is 30.2 Å². The van der Waals surface area contributed by atoms with Crippen molar-refractivity contribution >= 4 is 45.5 Å². The second-order valence-corrected chi connectivity index (χ2v) is 12.6. The van der Waals surface area contributed by atoms with Gasteiger partial charge in [0.05, 0.1) is 40.5 Å². The SMILES string of the molecule is Cc1nc(C(C)O)sc1-c1csc(Nc2ccc(C(=O)N3C4CCC3CN(c3ncc(C(F)(F)F)c(OCCO)n3)C4)cn2)n1. The highest BCUT2D eigenvalue weighted by atomic mass is 32.1. The third kappa shape index (κ3) is 6.43. The Kier molecular flexibility index (Phi) is 8.60. The normalized spacial score (nSPS) is 18.7. The van der Waals surface area contributed by atoms with Gasteiger partial charge in [0.1, 0.15) is 29.1 Å². The highest BCUT2D eigenvalue weighted by molar-refractivity contribution is 7.17. The molecule has 0 radical (unpaired) electrons. The molecule has 2 saturated heterocycles. The Bertz CT molecular complexity index is 1670. The van der Waals surface area contributed by atoms with Gasteiger partial charge in [-0.2, -0.15) is 18.2 Å². The van der Waals surface area contributed by atoms with Crippen molar-refractivity contribution in [1.29, 1.82) is 0 Å². The zero-order valence-electron chi connectivity index (χ0n) is 24.2. The summed E-state index contributed by atoms with van der Waals surface area (Å²) in [5.74, 6) is -0.209. The van der Waals surface area contributed by atoms with E-state index in [4.69, 9.17) is 9.84 Å². The van der Waals surface area contributed by atoms with Crippen LogP contribution in [0.2, 0.25) is 0 Å². The molecule has 1 amide bonds. The first-order chi connectivity index (χ1) is 21.5. The lowest BCUT2D eigenvalue weighted by Crippen LogP contribution is -2.56. The number of hydrogen-bond acceptors (Lipinski definition) is 13. The molecule has 45 heavy (non-hydrogen) atoms. The predicted octanol–water partition coefficient (Wildman–Crippen LogP) is 4.44. The van der Waals surface area contributed by atoms with Gasteiger partial charge in [0, 0.05) is 30.9 Å². The summed E-state index contributed by atoms with van der Waals surface area (Å²) >= 11 is 2.80. The number of fused-ring (bicyclic) bond motifs is 2. The molecule has 4 aromatic rings. The Labute approximate surface area is 263 Å². The molecule has 0 aromatic carbocycles. The number of rotatable bonds is 9. The van der Waals surface area contributed by atoms with Crippen molar-refractivity contribution in [2.24, 2.45) is 0 Å². The molecule has 6 heterocycles. The largest absolute Gasteiger partial charge is 0.475 e. The minimum Gasteiger partial charge on any atom is -0.475 e. The smallest absolute Gasteiger partial charge is 0.423 e. The number of aliphatic hydroxyl groups is 2. The van der Waals surface area contributed by atoms with E-state index >= 15 is 0 Å². The number of aromatic nitrogens is 5. The van der Waals surface area contributed by atoms with E-state index in [0.29, 0.717) is 40.8 Å². The molecule has 3 atom stereocenters. The number of nitrogens with one attached hydrogen (secondary N) is 1. The monoisotopic (exact) mass is 662 g/mol. The molecule has 0 spiro atoms. The molecule has 2 bridgehead atoms. The van der Waals surface area contributed by atoms with Gasteiger partial charge in [-0.1, -0.05) is 0 Å². The number of piperazine rings is 1. The maximum atomic E-state index is 13.6. The average molecular weight is 663 g/mol. The van der Waals surface area contributed by atoms with E-state index < -0.39 is 30.3 Å². The summed E-state index contributed by atoms with van der Waals surface area (Å²) in [6.07, 6.45) is -1.69. The van der Waals surface area contributed by atoms with E-state index in [1.54, 1.807) is 24.0 Å². The lowest BCUT2D eigenvalue weighted by atomic mass is 10.1. The molecule has 238 valence electrons. The van der Waals surface area contributed by atoms with Crippen molar-refractivity contribution < 1.29 is 32.9 Å². The number of amides is 1. The highest BCUT2D eigenvalue weighted by Crippen LogP contribution is 2.38.